The molecule has 6 nitrogen and oxygen atoms in total. The number of hydrogen-bond acceptors (Lipinski definition) is 6. The summed E-state index contributed by atoms with van der Waals surface area (Å²) in [4.78, 5) is 4.32. The van der Waals surface area contributed by atoms with E-state index in [1.54, 1.807) is 12.1 Å². The molecule has 0 radical (unpaired) electrons. The molecule has 0 bridgehead atoms. The normalized spacial score (nSPS) is 10.2. The molecule has 7 heteroatoms. The minimum atomic E-state index is -0.300. The van der Waals surface area contributed by atoms with Crippen LogP contribution in [0.3, 0.4) is 0 Å². The van der Waals surface area contributed by atoms with E-state index in [1.807, 2.05) is 31.2 Å². The quantitative estimate of drug-likeness (QED) is 0.716. The summed E-state index contributed by atoms with van der Waals surface area (Å²) in [6.07, 6.45) is 1.52. The first-order valence-corrected chi connectivity index (χ1v) is 7.45. The van der Waals surface area contributed by atoms with Crippen molar-refractivity contribution in [3.05, 3.63) is 60.5 Å². The molecule has 0 atom stereocenters. The van der Waals surface area contributed by atoms with Gasteiger partial charge in [-0.1, -0.05) is 0 Å². The predicted molar refractivity (Wildman–Crippen MR) is 90.4 cm³/mol. The van der Waals surface area contributed by atoms with Crippen LogP contribution in [-0.4, -0.2) is 21.8 Å². The lowest BCUT2D eigenvalue weighted by Crippen LogP contribution is -2.02. The number of halogens is 1. The molecule has 0 aliphatic heterocycles. The summed E-state index contributed by atoms with van der Waals surface area (Å²) in [5.41, 5.74) is 1.53. The second-order valence-corrected chi connectivity index (χ2v) is 4.88. The molecule has 1 heterocycles. The lowest BCUT2D eigenvalue weighted by molar-refractivity contribution is 0.340. The molecule has 24 heavy (non-hydrogen) atoms. The van der Waals surface area contributed by atoms with Gasteiger partial charge in [0.2, 0.25) is 5.95 Å². The van der Waals surface area contributed by atoms with Crippen molar-refractivity contribution in [2.75, 3.05) is 17.2 Å². The third-order valence-electron chi connectivity index (χ3n) is 3.10. The van der Waals surface area contributed by atoms with E-state index in [2.05, 4.69) is 25.8 Å². The SMILES string of the molecule is CCOc1ccc(Nc2cnnc(Nc3ccc(F)cc3)n2)cc1. The third-order valence-corrected chi connectivity index (χ3v) is 3.10. The van der Waals surface area contributed by atoms with Gasteiger partial charge in [0.25, 0.3) is 0 Å². The van der Waals surface area contributed by atoms with E-state index >= 15 is 0 Å². The van der Waals surface area contributed by atoms with Gasteiger partial charge >= 0.3 is 0 Å². The Hall–Kier alpha value is -3.22. The van der Waals surface area contributed by atoms with Gasteiger partial charge in [0.1, 0.15) is 11.6 Å². The molecule has 0 aliphatic carbocycles. The van der Waals surface area contributed by atoms with Crippen LogP contribution in [0.15, 0.2) is 54.7 Å². The van der Waals surface area contributed by atoms with Crippen molar-refractivity contribution in [2.24, 2.45) is 0 Å². The minimum absolute atomic E-state index is 0.300. The number of nitrogens with zero attached hydrogens (tertiary/aromatic N) is 3. The first-order valence-electron chi connectivity index (χ1n) is 7.45. The minimum Gasteiger partial charge on any atom is -0.494 e. The number of anilines is 4. The predicted octanol–water partition coefficient (Wildman–Crippen LogP) is 3.90. The molecule has 0 unspecified atom stereocenters. The van der Waals surface area contributed by atoms with E-state index in [0.29, 0.717) is 24.1 Å². The van der Waals surface area contributed by atoms with E-state index in [4.69, 9.17) is 4.74 Å². The molecule has 0 fully saturated rings. The number of rotatable bonds is 6. The molecular weight excluding hydrogens is 309 g/mol. The zero-order valence-corrected chi connectivity index (χ0v) is 13.0. The zero-order chi connectivity index (χ0) is 16.8. The molecule has 122 valence electrons. The van der Waals surface area contributed by atoms with Crippen molar-refractivity contribution in [1.82, 2.24) is 15.2 Å². The maximum absolute atomic E-state index is 12.9. The van der Waals surface area contributed by atoms with Crippen LogP contribution < -0.4 is 15.4 Å². The van der Waals surface area contributed by atoms with Crippen LogP contribution in [0.25, 0.3) is 0 Å². The third kappa shape index (κ3) is 4.16. The number of ether oxygens (including phenoxy) is 1. The smallest absolute Gasteiger partial charge is 0.249 e. The fraction of sp³-hybridized carbons (Fsp3) is 0.118. The Labute approximate surface area is 138 Å². The van der Waals surface area contributed by atoms with Crippen LogP contribution >= 0.6 is 0 Å². The average molecular weight is 325 g/mol. The maximum Gasteiger partial charge on any atom is 0.249 e. The fourth-order valence-electron chi connectivity index (χ4n) is 2.03. The first-order chi connectivity index (χ1) is 11.7. The highest BCUT2D eigenvalue weighted by Gasteiger charge is 2.03. The molecule has 0 aliphatic rings. The molecule has 3 aromatic rings. The van der Waals surface area contributed by atoms with Gasteiger partial charge in [-0.3, -0.25) is 0 Å². The Kier molecular flexibility index (Phi) is 4.81. The number of benzene rings is 2. The van der Waals surface area contributed by atoms with Gasteiger partial charge in [-0.05, 0) is 55.5 Å². The summed E-state index contributed by atoms with van der Waals surface area (Å²) in [6.45, 7) is 2.56. The van der Waals surface area contributed by atoms with Gasteiger partial charge < -0.3 is 15.4 Å². The van der Waals surface area contributed by atoms with Gasteiger partial charge in [0.15, 0.2) is 5.82 Å². The van der Waals surface area contributed by atoms with Gasteiger partial charge in [0, 0.05) is 11.4 Å². The van der Waals surface area contributed by atoms with Crippen LogP contribution in [0.2, 0.25) is 0 Å². The Morgan fingerprint density at radius 2 is 1.62 bits per heavy atom. The Bertz CT molecular complexity index is 793. The molecule has 0 amide bonds. The van der Waals surface area contributed by atoms with Crippen molar-refractivity contribution in [3.63, 3.8) is 0 Å². The van der Waals surface area contributed by atoms with Crippen LogP contribution in [0, 0.1) is 5.82 Å². The summed E-state index contributed by atoms with van der Waals surface area (Å²) in [5.74, 6) is 1.37. The highest BCUT2D eigenvalue weighted by molar-refractivity contribution is 5.59. The van der Waals surface area contributed by atoms with Crippen LogP contribution in [0.5, 0.6) is 5.75 Å². The van der Waals surface area contributed by atoms with Gasteiger partial charge in [0.05, 0.1) is 12.8 Å². The Balaban J connectivity index is 1.69. The molecule has 3 rings (SSSR count). The van der Waals surface area contributed by atoms with Gasteiger partial charge in [-0.2, -0.15) is 10.1 Å². The molecule has 0 spiro atoms. The van der Waals surface area contributed by atoms with Crippen LogP contribution in [0.4, 0.5) is 27.5 Å². The Morgan fingerprint density at radius 3 is 2.33 bits per heavy atom. The summed E-state index contributed by atoms with van der Waals surface area (Å²) < 4.78 is 18.3. The molecular formula is C17H16FN5O. The first kappa shape index (κ1) is 15.7. The summed E-state index contributed by atoms with van der Waals surface area (Å²) >= 11 is 0. The molecule has 1 aromatic heterocycles. The van der Waals surface area contributed by atoms with Gasteiger partial charge in [-0.25, -0.2) is 4.39 Å². The van der Waals surface area contributed by atoms with Crippen molar-refractivity contribution < 1.29 is 9.13 Å². The van der Waals surface area contributed by atoms with E-state index in [-0.39, 0.29) is 5.82 Å². The molecule has 0 saturated heterocycles. The topological polar surface area (TPSA) is 72.0 Å². The van der Waals surface area contributed by atoms with Crippen LogP contribution in [0.1, 0.15) is 6.92 Å². The number of nitrogens with one attached hydrogen (secondary N) is 2. The molecule has 0 saturated carbocycles. The second kappa shape index (κ2) is 7.36. The fourth-order valence-corrected chi connectivity index (χ4v) is 2.03. The second-order valence-electron chi connectivity index (χ2n) is 4.88. The van der Waals surface area contributed by atoms with Crippen molar-refractivity contribution in [1.29, 1.82) is 0 Å². The highest BCUT2D eigenvalue weighted by Crippen LogP contribution is 2.20. The molecule has 2 N–H and O–H groups in total. The summed E-state index contributed by atoms with van der Waals surface area (Å²) in [6, 6.07) is 13.4. The van der Waals surface area contributed by atoms with E-state index in [1.165, 1.54) is 18.3 Å². The lowest BCUT2D eigenvalue weighted by Gasteiger charge is -2.08. The van der Waals surface area contributed by atoms with E-state index in [0.717, 1.165) is 11.4 Å². The van der Waals surface area contributed by atoms with E-state index in [9.17, 15) is 4.39 Å². The van der Waals surface area contributed by atoms with E-state index < -0.39 is 0 Å². The standard InChI is InChI=1S/C17H16FN5O/c1-2-24-15-9-7-13(8-10-15)20-16-11-19-23-17(22-16)21-14-5-3-12(18)4-6-14/h3-11H,2H2,1H3,(H2,20,21,22,23). The van der Waals surface area contributed by atoms with Crippen molar-refractivity contribution in [2.45, 2.75) is 6.92 Å². The van der Waals surface area contributed by atoms with Crippen LogP contribution in [-0.2, 0) is 0 Å². The highest BCUT2D eigenvalue weighted by atomic mass is 19.1. The van der Waals surface area contributed by atoms with Crippen molar-refractivity contribution in [3.8, 4) is 5.75 Å². The monoisotopic (exact) mass is 325 g/mol. The largest absolute Gasteiger partial charge is 0.494 e. The molecule has 2 aromatic carbocycles. The summed E-state index contributed by atoms with van der Waals surface area (Å²) in [7, 11) is 0. The maximum atomic E-state index is 12.9. The summed E-state index contributed by atoms with van der Waals surface area (Å²) in [5, 5.41) is 13.9. The van der Waals surface area contributed by atoms with Crippen molar-refractivity contribution >= 4 is 23.1 Å². The lowest BCUT2D eigenvalue weighted by atomic mass is 10.3. The zero-order valence-electron chi connectivity index (χ0n) is 13.0. The average Bonchev–Trinajstić information content (AvgIpc) is 2.59. The number of aromatic nitrogens is 3. The Morgan fingerprint density at radius 1 is 0.958 bits per heavy atom. The number of hydrogen-bond donors (Lipinski definition) is 2. The van der Waals surface area contributed by atoms with Gasteiger partial charge in [-0.15, -0.1) is 5.10 Å².